The summed E-state index contributed by atoms with van der Waals surface area (Å²) in [5.41, 5.74) is 0. The first-order chi connectivity index (χ1) is 14.1. The van der Waals surface area contributed by atoms with Crippen LogP contribution in [0.1, 0.15) is 119 Å². The van der Waals surface area contributed by atoms with Crippen LogP contribution in [0.5, 0.6) is 0 Å². The molecule has 0 saturated carbocycles. The van der Waals surface area contributed by atoms with Crippen LogP contribution in [0.2, 0.25) is 0 Å². The second-order valence-electron chi connectivity index (χ2n) is 8.64. The average molecular weight is 540 g/mol. The highest BCUT2D eigenvalue weighted by Gasteiger charge is 2.48. The lowest BCUT2D eigenvalue weighted by Gasteiger charge is -2.51. The van der Waals surface area contributed by atoms with Gasteiger partial charge in [0.15, 0.2) is 0 Å². The van der Waals surface area contributed by atoms with Gasteiger partial charge in [0.1, 0.15) is 0 Å². The van der Waals surface area contributed by atoms with Crippen molar-refractivity contribution in [3.8, 4) is 0 Å². The molecule has 0 aromatic heterocycles. The van der Waals surface area contributed by atoms with Gasteiger partial charge in [-0.1, -0.05) is 102 Å². The molecule has 0 bridgehead atoms. The molecule has 29 heavy (non-hydrogen) atoms. The molecular weight excluding hydrogens is 485 g/mol. The van der Waals surface area contributed by atoms with Crippen LogP contribution >= 0.6 is 21.8 Å². The molecule has 0 atom stereocenters. The van der Waals surface area contributed by atoms with Crippen molar-refractivity contribution >= 4 is 27.9 Å². The van der Waals surface area contributed by atoms with Gasteiger partial charge in [0.2, 0.25) is 0 Å². The highest BCUT2D eigenvalue weighted by atomic mass is 127. The van der Waals surface area contributed by atoms with Crippen molar-refractivity contribution in [3.05, 3.63) is 0 Å². The van der Waals surface area contributed by atoms with Gasteiger partial charge >= 0.3 is 6.06 Å². The minimum Gasteiger partial charge on any atom is -0.291 e. The summed E-state index contributed by atoms with van der Waals surface area (Å²) in [5.74, 6) is 0. The molecule has 0 aliphatic carbocycles. The molecule has 0 aromatic rings. The van der Waals surface area contributed by atoms with E-state index in [0.717, 1.165) is 0 Å². The summed E-state index contributed by atoms with van der Waals surface area (Å²) >= 11 is 3.02. The van der Waals surface area contributed by atoms with Crippen molar-refractivity contribution in [1.29, 1.82) is 0 Å². The standard InChI is InChI=1S/C24H54IN3Si/c1-7-13-19-26(20-14-8-2)29(25,27(21-15-9-3)22-16-10-4)28(23-17-11-5)24-18-12-6/h7-24H2,1-6H3. The predicted molar refractivity (Wildman–Crippen MR) is 144 cm³/mol. The van der Waals surface area contributed by atoms with E-state index in [1.54, 1.807) is 0 Å². The smallest absolute Gasteiger partial charge is 0.291 e. The van der Waals surface area contributed by atoms with Gasteiger partial charge in [-0.25, -0.2) is 0 Å². The minimum atomic E-state index is -1.89. The van der Waals surface area contributed by atoms with Crippen LogP contribution in [0.15, 0.2) is 0 Å². The van der Waals surface area contributed by atoms with Crippen LogP contribution in [-0.2, 0) is 0 Å². The fraction of sp³-hybridized carbons (Fsp3) is 1.00. The average Bonchev–Trinajstić information content (AvgIpc) is 2.73. The molecule has 5 heteroatoms. The summed E-state index contributed by atoms with van der Waals surface area (Å²) in [7, 11) is 0. The molecule has 0 aliphatic rings. The molecule has 0 N–H and O–H groups in total. The maximum atomic E-state index is 3.02. The van der Waals surface area contributed by atoms with Crippen molar-refractivity contribution in [2.75, 3.05) is 39.3 Å². The predicted octanol–water partition coefficient (Wildman–Crippen LogP) is 7.56. The van der Waals surface area contributed by atoms with Gasteiger partial charge in [0.25, 0.3) is 0 Å². The first kappa shape index (κ1) is 29.8. The highest BCUT2D eigenvalue weighted by molar-refractivity contribution is 14.1. The Morgan fingerprint density at radius 1 is 0.414 bits per heavy atom. The Hall–Kier alpha value is 0.827. The third-order valence-corrected chi connectivity index (χ3v) is 15.8. The largest absolute Gasteiger partial charge is 0.358 e. The van der Waals surface area contributed by atoms with E-state index in [9.17, 15) is 0 Å². The molecule has 0 aliphatic heterocycles. The molecule has 0 saturated heterocycles. The molecular formula is C24H54IN3Si. The van der Waals surface area contributed by atoms with E-state index in [0.29, 0.717) is 0 Å². The third-order valence-electron chi connectivity index (χ3n) is 5.90. The number of hydrogen-bond donors (Lipinski definition) is 0. The molecule has 0 aromatic carbocycles. The van der Waals surface area contributed by atoms with Gasteiger partial charge in [-0.2, -0.15) is 0 Å². The number of unbranched alkanes of at least 4 members (excludes halogenated alkanes) is 6. The van der Waals surface area contributed by atoms with E-state index in [1.807, 2.05) is 0 Å². The fourth-order valence-electron chi connectivity index (χ4n) is 3.88. The van der Waals surface area contributed by atoms with E-state index in [1.165, 1.54) is 116 Å². The van der Waals surface area contributed by atoms with Gasteiger partial charge in [0.05, 0.1) is 0 Å². The molecule has 0 unspecified atom stereocenters. The van der Waals surface area contributed by atoms with Gasteiger partial charge in [0, 0.05) is 0 Å². The zero-order valence-electron chi connectivity index (χ0n) is 20.9. The van der Waals surface area contributed by atoms with Crippen molar-refractivity contribution in [1.82, 2.24) is 13.7 Å². The summed E-state index contributed by atoms with van der Waals surface area (Å²) in [6, 6.07) is -1.89. The number of hydrogen-bond acceptors (Lipinski definition) is 3. The van der Waals surface area contributed by atoms with E-state index in [-0.39, 0.29) is 0 Å². The normalized spacial score (nSPS) is 12.6. The van der Waals surface area contributed by atoms with Gasteiger partial charge in [-0.15, -0.1) is 0 Å². The van der Waals surface area contributed by atoms with Crippen molar-refractivity contribution in [2.24, 2.45) is 0 Å². The summed E-state index contributed by atoms with van der Waals surface area (Å²) in [6.45, 7) is 21.8. The van der Waals surface area contributed by atoms with Crippen molar-refractivity contribution in [2.45, 2.75) is 119 Å². The van der Waals surface area contributed by atoms with Gasteiger partial charge in [-0.3, -0.25) is 13.7 Å². The summed E-state index contributed by atoms with van der Waals surface area (Å²) in [6.07, 6.45) is 15.9. The van der Waals surface area contributed by atoms with E-state index >= 15 is 0 Å². The lowest BCUT2D eigenvalue weighted by Crippen LogP contribution is -2.72. The Morgan fingerprint density at radius 2 is 0.586 bits per heavy atom. The number of rotatable bonds is 21. The molecule has 176 valence electrons. The maximum Gasteiger partial charge on any atom is 0.358 e. The number of nitrogens with zero attached hydrogens (tertiary/aromatic N) is 3. The van der Waals surface area contributed by atoms with E-state index in [2.05, 4.69) is 77.0 Å². The Bertz CT molecular complexity index is 283. The van der Waals surface area contributed by atoms with Crippen LogP contribution in [-0.4, -0.2) is 59.0 Å². The van der Waals surface area contributed by atoms with E-state index < -0.39 is 6.06 Å². The van der Waals surface area contributed by atoms with Crippen LogP contribution in [0.25, 0.3) is 0 Å². The lowest BCUT2D eigenvalue weighted by atomic mass is 10.3. The SMILES string of the molecule is CCCCN(CCCC)[Si](I)(N(CCCC)CCCC)N(CCCC)CCCC. The highest BCUT2D eigenvalue weighted by Crippen LogP contribution is 2.31. The Balaban J connectivity index is 6.01. The van der Waals surface area contributed by atoms with Crippen molar-refractivity contribution < 1.29 is 0 Å². The summed E-state index contributed by atoms with van der Waals surface area (Å²) in [5, 5.41) is 0. The monoisotopic (exact) mass is 539 g/mol. The van der Waals surface area contributed by atoms with Crippen LogP contribution in [0.3, 0.4) is 0 Å². The topological polar surface area (TPSA) is 9.72 Å². The third kappa shape index (κ3) is 11.3. The van der Waals surface area contributed by atoms with Crippen LogP contribution in [0.4, 0.5) is 0 Å². The van der Waals surface area contributed by atoms with Crippen molar-refractivity contribution in [3.63, 3.8) is 0 Å². The minimum absolute atomic E-state index is 1.29. The zero-order valence-corrected chi connectivity index (χ0v) is 24.1. The van der Waals surface area contributed by atoms with E-state index in [4.69, 9.17) is 0 Å². The molecule has 3 nitrogen and oxygen atoms in total. The maximum absolute atomic E-state index is 3.02. The Labute approximate surface area is 198 Å². The Kier molecular flexibility index (Phi) is 20.1. The number of halogens is 1. The quantitative estimate of drug-likeness (QED) is 0.0847. The fourth-order valence-corrected chi connectivity index (χ4v) is 12.1. The first-order valence-corrected chi connectivity index (χ1v) is 18.0. The van der Waals surface area contributed by atoms with Crippen LogP contribution < -0.4 is 0 Å². The van der Waals surface area contributed by atoms with Gasteiger partial charge < -0.3 is 0 Å². The molecule has 0 amide bonds. The second kappa shape index (κ2) is 19.5. The molecule has 0 radical (unpaired) electrons. The lowest BCUT2D eigenvalue weighted by molar-refractivity contribution is 0.247. The summed E-state index contributed by atoms with van der Waals surface area (Å²) < 4.78 is 8.99. The molecule has 0 rings (SSSR count). The molecule has 0 heterocycles. The first-order valence-electron chi connectivity index (χ1n) is 13.0. The van der Waals surface area contributed by atoms with Gasteiger partial charge in [-0.05, 0) is 77.8 Å². The summed E-state index contributed by atoms with van der Waals surface area (Å²) in [4.78, 5) is 0. The second-order valence-corrected chi connectivity index (χ2v) is 16.0. The van der Waals surface area contributed by atoms with Crippen LogP contribution in [0, 0.1) is 0 Å². The zero-order chi connectivity index (χ0) is 22.0. The Morgan fingerprint density at radius 3 is 0.724 bits per heavy atom. The molecule has 0 spiro atoms. The molecule has 0 fully saturated rings.